The Kier molecular flexibility index (Phi) is 8.45. The number of hydrogen-bond acceptors (Lipinski definition) is 2. The molecule has 0 saturated heterocycles. The molecule has 0 spiro atoms. The lowest BCUT2D eigenvalue weighted by Crippen LogP contribution is -2.30. The third-order valence-electron chi connectivity index (χ3n) is 2.44. The highest BCUT2D eigenvalue weighted by Crippen LogP contribution is 2.22. The second kappa shape index (κ2) is 8.37. The van der Waals surface area contributed by atoms with E-state index in [1.807, 2.05) is 0 Å². The van der Waals surface area contributed by atoms with Gasteiger partial charge >= 0.3 is 6.18 Å². The third kappa shape index (κ3) is 9.16. The molecule has 0 aromatic carbocycles. The average molecular weight is 354 g/mol. The van der Waals surface area contributed by atoms with E-state index in [1.165, 1.54) is 7.05 Å². The molecule has 0 unspecified atom stereocenters. The SMILES string of the molecule is CN(CCCCCBr)S(=O)(=O)CCCC(F)(F)F. The van der Waals surface area contributed by atoms with Gasteiger partial charge in [0.15, 0.2) is 0 Å². The molecule has 0 aromatic heterocycles. The van der Waals surface area contributed by atoms with Gasteiger partial charge in [-0.3, -0.25) is 0 Å². The van der Waals surface area contributed by atoms with Crippen molar-refractivity contribution >= 4 is 26.0 Å². The van der Waals surface area contributed by atoms with E-state index >= 15 is 0 Å². The van der Waals surface area contributed by atoms with Crippen molar-refractivity contribution in [2.45, 2.75) is 38.3 Å². The Morgan fingerprint density at radius 2 is 1.72 bits per heavy atom. The van der Waals surface area contributed by atoms with Gasteiger partial charge in [-0.25, -0.2) is 12.7 Å². The first kappa shape index (κ1) is 18.2. The van der Waals surface area contributed by atoms with E-state index in [0.717, 1.165) is 28.9 Å². The maximum Gasteiger partial charge on any atom is 0.389 e. The summed E-state index contributed by atoms with van der Waals surface area (Å²) in [5.74, 6) is -0.443. The van der Waals surface area contributed by atoms with Crippen LogP contribution in [0.15, 0.2) is 0 Å². The monoisotopic (exact) mass is 353 g/mol. The van der Waals surface area contributed by atoms with E-state index in [9.17, 15) is 21.6 Å². The van der Waals surface area contributed by atoms with Crippen molar-refractivity contribution in [3.63, 3.8) is 0 Å². The molecule has 3 nitrogen and oxygen atoms in total. The van der Waals surface area contributed by atoms with E-state index in [1.54, 1.807) is 0 Å². The van der Waals surface area contributed by atoms with Crippen LogP contribution in [0, 0.1) is 0 Å². The summed E-state index contributed by atoms with van der Waals surface area (Å²) < 4.78 is 60.1. The van der Waals surface area contributed by atoms with Gasteiger partial charge in [0.25, 0.3) is 0 Å². The predicted molar refractivity (Wildman–Crippen MR) is 69.4 cm³/mol. The van der Waals surface area contributed by atoms with Crippen LogP contribution >= 0.6 is 15.9 Å². The van der Waals surface area contributed by atoms with Crippen molar-refractivity contribution in [1.82, 2.24) is 4.31 Å². The Morgan fingerprint density at radius 3 is 2.22 bits per heavy atom. The lowest BCUT2D eigenvalue weighted by molar-refractivity contribution is -0.134. The zero-order chi connectivity index (χ0) is 14.2. The smallest absolute Gasteiger partial charge is 0.212 e. The van der Waals surface area contributed by atoms with Gasteiger partial charge < -0.3 is 0 Å². The Labute approximate surface area is 115 Å². The maximum atomic E-state index is 11.9. The standard InChI is InChI=1S/C10H19BrF3NO2S/c1-15(8-4-2-3-7-11)18(16,17)9-5-6-10(12,13)14/h2-9H2,1H3. The Morgan fingerprint density at radius 1 is 1.11 bits per heavy atom. The highest BCUT2D eigenvalue weighted by atomic mass is 79.9. The van der Waals surface area contributed by atoms with Crippen LogP contribution in [-0.2, 0) is 10.0 Å². The molecule has 8 heteroatoms. The van der Waals surface area contributed by atoms with E-state index in [-0.39, 0.29) is 6.42 Å². The summed E-state index contributed by atoms with van der Waals surface area (Å²) in [6.45, 7) is 0.362. The van der Waals surface area contributed by atoms with Gasteiger partial charge in [0, 0.05) is 25.3 Å². The Hall–Kier alpha value is 0.180. The molecule has 110 valence electrons. The zero-order valence-electron chi connectivity index (χ0n) is 10.3. The maximum absolute atomic E-state index is 11.9. The fourth-order valence-electron chi connectivity index (χ4n) is 1.36. The van der Waals surface area contributed by atoms with Gasteiger partial charge in [-0.05, 0) is 19.3 Å². The van der Waals surface area contributed by atoms with Gasteiger partial charge in [-0.1, -0.05) is 22.4 Å². The fourth-order valence-corrected chi connectivity index (χ4v) is 2.98. The lowest BCUT2D eigenvalue weighted by Gasteiger charge is -2.17. The summed E-state index contributed by atoms with van der Waals surface area (Å²) in [5, 5.41) is 0.870. The minimum Gasteiger partial charge on any atom is -0.212 e. The van der Waals surface area contributed by atoms with Crippen LogP contribution in [0.3, 0.4) is 0 Å². The molecule has 0 radical (unpaired) electrons. The number of alkyl halides is 4. The topological polar surface area (TPSA) is 37.4 Å². The van der Waals surface area contributed by atoms with Gasteiger partial charge in [0.1, 0.15) is 0 Å². The summed E-state index contributed by atoms with van der Waals surface area (Å²) in [4.78, 5) is 0. The second-order valence-corrected chi connectivity index (χ2v) is 7.09. The molecule has 0 saturated carbocycles. The summed E-state index contributed by atoms with van der Waals surface area (Å²) in [5.41, 5.74) is 0. The molecule has 0 bridgehead atoms. The quantitative estimate of drug-likeness (QED) is 0.471. The van der Waals surface area contributed by atoms with Gasteiger partial charge in [-0.15, -0.1) is 0 Å². The number of unbranched alkanes of at least 4 members (excludes halogenated alkanes) is 2. The Balaban J connectivity index is 3.96. The highest BCUT2D eigenvalue weighted by Gasteiger charge is 2.28. The highest BCUT2D eigenvalue weighted by molar-refractivity contribution is 9.09. The van der Waals surface area contributed by atoms with Crippen molar-refractivity contribution in [1.29, 1.82) is 0 Å². The van der Waals surface area contributed by atoms with Crippen molar-refractivity contribution in [3.8, 4) is 0 Å². The van der Waals surface area contributed by atoms with Gasteiger partial charge in [0.05, 0.1) is 5.75 Å². The molecule has 0 aliphatic heterocycles. The number of nitrogens with zero attached hydrogens (tertiary/aromatic N) is 1. The van der Waals surface area contributed by atoms with Crippen LogP contribution < -0.4 is 0 Å². The van der Waals surface area contributed by atoms with Gasteiger partial charge in [-0.2, -0.15) is 13.2 Å². The zero-order valence-corrected chi connectivity index (χ0v) is 12.7. The summed E-state index contributed by atoms with van der Waals surface area (Å²) in [7, 11) is -2.13. The van der Waals surface area contributed by atoms with Crippen molar-refractivity contribution < 1.29 is 21.6 Å². The van der Waals surface area contributed by atoms with Crippen LogP contribution in [0.5, 0.6) is 0 Å². The molecular weight excluding hydrogens is 335 g/mol. The molecule has 18 heavy (non-hydrogen) atoms. The van der Waals surface area contributed by atoms with Crippen LogP contribution in [-0.4, -0.2) is 43.6 Å². The minimum atomic E-state index is -4.29. The number of halogens is 4. The van der Waals surface area contributed by atoms with E-state index < -0.39 is 28.4 Å². The fraction of sp³-hybridized carbons (Fsp3) is 1.00. The molecule has 0 fully saturated rings. The van der Waals surface area contributed by atoms with Crippen LogP contribution in [0.25, 0.3) is 0 Å². The van der Waals surface area contributed by atoms with E-state index in [0.29, 0.717) is 6.54 Å². The average Bonchev–Trinajstić information content (AvgIpc) is 2.21. The molecule has 0 atom stereocenters. The van der Waals surface area contributed by atoms with Crippen molar-refractivity contribution in [3.05, 3.63) is 0 Å². The van der Waals surface area contributed by atoms with E-state index in [2.05, 4.69) is 15.9 Å². The molecule has 0 aromatic rings. The molecule has 0 rings (SSSR count). The largest absolute Gasteiger partial charge is 0.389 e. The van der Waals surface area contributed by atoms with Crippen LogP contribution in [0.1, 0.15) is 32.1 Å². The van der Waals surface area contributed by atoms with Crippen LogP contribution in [0.4, 0.5) is 13.2 Å². The summed E-state index contributed by atoms with van der Waals surface area (Å²) in [6, 6.07) is 0. The first-order valence-electron chi connectivity index (χ1n) is 5.76. The van der Waals surface area contributed by atoms with Crippen molar-refractivity contribution in [2.24, 2.45) is 0 Å². The number of rotatable bonds is 9. The minimum absolute atomic E-state index is 0.362. The summed E-state index contributed by atoms with van der Waals surface area (Å²) >= 11 is 3.27. The lowest BCUT2D eigenvalue weighted by atomic mass is 10.2. The van der Waals surface area contributed by atoms with Gasteiger partial charge in [0.2, 0.25) is 10.0 Å². The van der Waals surface area contributed by atoms with Crippen LogP contribution in [0.2, 0.25) is 0 Å². The van der Waals surface area contributed by atoms with Crippen molar-refractivity contribution in [2.75, 3.05) is 24.7 Å². The third-order valence-corrected chi connectivity index (χ3v) is 4.94. The molecule has 0 heterocycles. The first-order chi connectivity index (χ1) is 8.19. The summed E-state index contributed by atoms with van der Waals surface area (Å²) in [6.07, 6.45) is -3.14. The molecule has 0 amide bonds. The normalized spacial score (nSPS) is 13.2. The first-order valence-corrected chi connectivity index (χ1v) is 8.49. The molecule has 0 N–H and O–H groups in total. The van der Waals surface area contributed by atoms with E-state index in [4.69, 9.17) is 0 Å². The number of sulfonamides is 1. The number of hydrogen-bond donors (Lipinski definition) is 0. The molecule has 0 aliphatic carbocycles. The second-order valence-electron chi connectivity index (χ2n) is 4.11. The molecule has 0 aliphatic rings. The Bertz CT molecular complexity index is 320. The molecular formula is C10H19BrF3NO2S. The predicted octanol–water partition coefficient (Wildman–Crippen LogP) is 3.16.